The van der Waals surface area contributed by atoms with Crippen LogP contribution < -0.4 is 5.32 Å². The number of aromatic nitrogens is 1. The first-order valence-corrected chi connectivity index (χ1v) is 11.6. The summed E-state index contributed by atoms with van der Waals surface area (Å²) < 4.78 is 24.3. The topological polar surface area (TPSA) is 34.0 Å². The smallest absolute Gasteiger partial charge is 0.253 e. The average Bonchev–Trinajstić information content (AvgIpc) is 3.22. The molecule has 0 bridgehead atoms. The van der Waals surface area contributed by atoms with E-state index in [1.165, 1.54) is 11.6 Å². The number of hydrogen-bond donors (Lipinski definition) is 1. The number of carbonyl (C=O) groups excluding carboxylic acids is 1. The number of fused-ring (bicyclic) bond motifs is 1. The van der Waals surface area contributed by atoms with Gasteiger partial charge >= 0.3 is 0 Å². The summed E-state index contributed by atoms with van der Waals surface area (Å²) in [4.78, 5) is 13.2. The summed E-state index contributed by atoms with van der Waals surface area (Å²) in [5.41, 5.74) is 4.83. The molecule has 1 aromatic heterocycles. The molecule has 166 valence electrons. The van der Waals surface area contributed by atoms with E-state index in [1.807, 2.05) is 29.0 Å². The summed E-state index contributed by atoms with van der Waals surface area (Å²) in [6.07, 6.45) is 5.73. The molecular formula is C29H27FN2O. The number of hydrogen-bond acceptors (Lipinski definition) is 1. The number of halogens is 1. The first-order valence-electron chi connectivity index (χ1n) is 12.2. The summed E-state index contributed by atoms with van der Waals surface area (Å²) >= 11 is 0. The third kappa shape index (κ3) is 3.64. The molecule has 1 spiro atoms. The van der Waals surface area contributed by atoms with Gasteiger partial charge in [-0.3, -0.25) is 4.79 Å². The summed E-state index contributed by atoms with van der Waals surface area (Å²) in [6, 6.07) is 23.5. The third-order valence-corrected chi connectivity index (χ3v) is 7.38. The van der Waals surface area contributed by atoms with Gasteiger partial charge in [-0.2, -0.15) is 0 Å². The molecule has 2 fully saturated rings. The number of carbonyl (C=O) groups is 1. The monoisotopic (exact) mass is 439 g/mol. The molecule has 0 unspecified atom stereocenters. The van der Waals surface area contributed by atoms with Crippen molar-refractivity contribution in [1.82, 2.24) is 9.88 Å². The summed E-state index contributed by atoms with van der Waals surface area (Å²) in [6.45, 7) is 0.555. The molecule has 1 N–H and O–H groups in total. The van der Waals surface area contributed by atoms with Crippen molar-refractivity contribution >= 4 is 16.8 Å². The second-order valence-corrected chi connectivity index (χ2v) is 9.64. The highest BCUT2D eigenvalue weighted by Gasteiger charge is 2.48. The Bertz CT molecular complexity index is 1350. The number of rotatable bonds is 5. The minimum absolute atomic E-state index is 0.0680. The Hall–Kier alpha value is -3.40. The zero-order valence-corrected chi connectivity index (χ0v) is 18.4. The number of nitrogens with zero attached hydrogens (tertiary/aromatic N) is 1. The molecule has 3 nitrogen and oxygen atoms in total. The molecule has 2 aliphatic carbocycles. The van der Waals surface area contributed by atoms with Gasteiger partial charge in [0.25, 0.3) is 5.91 Å². The van der Waals surface area contributed by atoms with Crippen LogP contribution in [0.25, 0.3) is 22.0 Å². The molecule has 4 heteroatoms. The summed E-state index contributed by atoms with van der Waals surface area (Å²) in [5.74, 6) is -0.464. The highest BCUT2D eigenvalue weighted by molar-refractivity contribution is 6.06. The van der Waals surface area contributed by atoms with Crippen LogP contribution in [0.2, 0.25) is 0 Å². The van der Waals surface area contributed by atoms with Gasteiger partial charge in [0.2, 0.25) is 0 Å². The Morgan fingerprint density at radius 2 is 1.73 bits per heavy atom. The van der Waals surface area contributed by atoms with E-state index >= 15 is 0 Å². The van der Waals surface area contributed by atoms with Gasteiger partial charge in [-0.05, 0) is 66.0 Å². The average molecular weight is 440 g/mol. The molecule has 4 aromatic rings. The van der Waals surface area contributed by atoms with Crippen LogP contribution in [0.3, 0.4) is 0 Å². The van der Waals surface area contributed by atoms with Crippen molar-refractivity contribution in [2.45, 2.75) is 44.7 Å². The fourth-order valence-electron chi connectivity index (χ4n) is 5.47. The van der Waals surface area contributed by atoms with Crippen molar-refractivity contribution < 1.29 is 10.6 Å². The molecule has 0 atom stereocenters. The van der Waals surface area contributed by atoms with Crippen LogP contribution >= 0.6 is 0 Å². The van der Waals surface area contributed by atoms with Crippen LogP contribution in [0.5, 0.6) is 0 Å². The minimum atomic E-state index is -0.316. The predicted molar refractivity (Wildman–Crippen MR) is 130 cm³/mol. The predicted octanol–water partition coefficient (Wildman–Crippen LogP) is 6.56. The lowest BCUT2D eigenvalue weighted by Crippen LogP contribution is -2.53. The molecule has 1 amide bonds. The quantitative estimate of drug-likeness (QED) is 0.375. The standard InChI is InChI=1S/C29H27FN2O/c30-26-12-11-25(28(33)31-23-17-29(18-23)14-4-15-29)27-24(26)13-16-32(27)19-20-7-9-22(10-8-20)21-5-2-1-3-6-21/h1-3,5-13,16,23H,4,14-15,17-19H2,(H,31,33)/i4D. The van der Waals surface area contributed by atoms with E-state index in [4.69, 9.17) is 1.37 Å². The molecule has 2 saturated carbocycles. The molecular weight excluding hydrogens is 411 g/mol. The molecule has 6 rings (SSSR count). The van der Waals surface area contributed by atoms with E-state index in [9.17, 15) is 9.18 Å². The van der Waals surface area contributed by atoms with E-state index in [1.54, 1.807) is 12.1 Å². The van der Waals surface area contributed by atoms with E-state index in [2.05, 4.69) is 41.7 Å². The lowest BCUT2D eigenvalue weighted by atomic mass is 9.54. The zero-order chi connectivity index (χ0) is 23.3. The van der Waals surface area contributed by atoms with E-state index in [0.717, 1.165) is 36.8 Å². The van der Waals surface area contributed by atoms with Gasteiger partial charge in [0, 0.05) is 25.5 Å². The summed E-state index contributed by atoms with van der Waals surface area (Å²) in [5, 5.41) is 3.62. The molecule has 3 aromatic carbocycles. The Morgan fingerprint density at radius 1 is 1.00 bits per heavy atom. The van der Waals surface area contributed by atoms with Crippen molar-refractivity contribution in [3.05, 3.63) is 95.9 Å². The fraction of sp³-hybridized carbons (Fsp3) is 0.276. The van der Waals surface area contributed by atoms with Crippen LogP contribution in [0, 0.1) is 11.2 Å². The molecule has 0 aliphatic heterocycles. The molecule has 0 saturated heterocycles. The Labute approximate surface area is 194 Å². The highest BCUT2D eigenvalue weighted by Crippen LogP contribution is 2.55. The van der Waals surface area contributed by atoms with Gasteiger partial charge in [-0.25, -0.2) is 4.39 Å². The maximum absolute atomic E-state index is 14.6. The van der Waals surface area contributed by atoms with Gasteiger partial charge in [0.15, 0.2) is 0 Å². The van der Waals surface area contributed by atoms with Gasteiger partial charge in [-0.15, -0.1) is 0 Å². The van der Waals surface area contributed by atoms with Gasteiger partial charge < -0.3 is 9.88 Å². The second-order valence-electron chi connectivity index (χ2n) is 9.64. The Kier molecular flexibility index (Phi) is 4.56. The maximum atomic E-state index is 14.6. The number of amides is 1. The zero-order valence-electron chi connectivity index (χ0n) is 19.4. The van der Waals surface area contributed by atoms with E-state index in [-0.39, 0.29) is 29.6 Å². The molecule has 33 heavy (non-hydrogen) atoms. The number of nitrogens with one attached hydrogen (secondary N) is 1. The lowest BCUT2D eigenvalue weighted by Gasteiger charge is -2.54. The van der Waals surface area contributed by atoms with Crippen molar-refractivity contribution in [3.8, 4) is 11.1 Å². The van der Waals surface area contributed by atoms with Crippen LogP contribution in [0.1, 0.15) is 49.4 Å². The minimum Gasteiger partial charge on any atom is -0.349 e. The van der Waals surface area contributed by atoms with Crippen LogP contribution in [0.4, 0.5) is 4.39 Å². The lowest BCUT2D eigenvalue weighted by molar-refractivity contribution is -0.000603. The maximum Gasteiger partial charge on any atom is 0.253 e. The van der Waals surface area contributed by atoms with Gasteiger partial charge in [0.1, 0.15) is 5.82 Å². The second kappa shape index (κ2) is 7.87. The van der Waals surface area contributed by atoms with Crippen LogP contribution in [-0.4, -0.2) is 16.5 Å². The largest absolute Gasteiger partial charge is 0.349 e. The Morgan fingerprint density at radius 3 is 2.45 bits per heavy atom. The molecule has 0 radical (unpaired) electrons. The van der Waals surface area contributed by atoms with Crippen molar-refractivity contribution in [1.29, 1.82) is 0 Å². The normalized spacial score (nSPS) is 24.2. The van der Waals surface area contributed by atoms with Crippen molar-refractivity contribution in [2.75, 3.05) is 0 Å². The Balaban J connectivity index is 1.23. The molecule has 1 heterocycles. The van der Waals surface area contributed by atoms with Crippen molar-refractivity contribution in [2.24, 2.45) is 5.41 Å². The first-order chi connectivity index (χ1) is 16.5. The first kappa shape index (κ1) is 19.1. The van der Waals surface area contributed by atoms with Crippen LogP contribution in [-0.2, 0) is 6.54 Å². The SMILES string of the molecule is [2H]C1CC2(C1)CC(NC(=O)c1ccc(F)c3ccn(Cc4ccc(-c5ccccc5)cc4)c13)C2. The van der Waals surface area contributed by atoms with Crippen molar-refractivity contribution in [3.63, 3.8) is 0 Å². The van der Waals surface area contributed by atoms with Crippen LogP contribution in [0.15, 0.2) is 79.0 Å². The van der Waals surface area contributed by atoms with E-state index < -0.39 is 0 Å². The fourth-order valence-corrected chi connectivity index (χ4v) is 5.47. The van der Waals surface area contributed by atoms with E-state index in [0.29, 0.717) is 23.0 Å². The molecule has 2 aliphatic rings. The van der Waals surface area contributed by atoms with Gasteiger partial charge in [0.05, 0.1) is 11.1 Å². The van der Waals surface area contributed by atoms with Gasteiger partial charge in [-0.1, -0.05) is 61.0 Å². The third-order valence-electron chi connectivity index (χ3n) is 7.38. The number of benzene rings is 3. The summed E-state index contributed by atoms with van der Waals surface area (Å²) in [7, 11) is 0. The highest BCUT2D eigenvalue weighted by atomic mass is 19.1.